The van der Waals surface area contributed by atoms with Crippen molar-refractivity contribution in [3.8, 4) is 0 Å². The smallest absolute Gasteiger partial charge is 0.251 e. The van der Waals surface area contributed by atoms with Gasteiger partial charge in [-0.1, -0.05) is 73.8 Å². The Hall–Kier alpha value is -3.92. The van der Waals surface area contributed by atoms with Crippen molar-refractivity contribution in [3.05, 3.63) is 119 Å². The first-order chi connectivity index (χ1) is 14.6. The van der Waals surface area contributed by atoms with Gasteiger partial charge in [0.05, 0.1) is 0 Å². The van der Waals surface area contributed by atoms with E-state index in [0.29, 0.717) is 24.2 Å². The lowest BCUT2D eigenvalue weighted by atomic mass is 10.1. The van der Waals surface area contributed by atoms with Gasteiger partial charge in [-0.2, -0.15) is 0 Å². The Labute approximate surface area is 177 Å². The van der Waals surface area contributed by atoms with Crippen LogP contribution in [0.15, 0.2) is 86.0 Å². The minimum Gasteiger partial charge on any atom is -0.348 e. The van der Waals surface area contributed by atoms with Gasteiger partial charge in [-0.15, -0.1) is 0 Å². The van der Waals surface area contributed by atoms with Crippen molar-refractivity contribution >= 4 is 24.0 Å². The van der Waals surface area contributed by atoms with Gasteiger partial charge in [0.2, 0.25) is 0 Å². The molecular formula is C26H24N2O2. The van der Waals surface area contributed by atoms with Crippen LogP contribution in [0.4, 0.5) is 0 Å². The Bertz CT molecular complexity index is 947. The summed E-state index contributed by atoms with van der Waals surface area (Å²) < 4.78 is 0. The van der Waals surface area contributed by atoms with Crippen LogP contribution in [0.5, 0.6) is 0 Å². The molecule has 0 aliphatic heterocycles. The summed E-state index contributed by atoms with van der Waals surface area (Å²) in [7, 11) is 0. The van der Waals surface area contributed by atoms with Gasteiger partial charge in [0.1, 0.15) is 0 Å². The van der Waals surface area contributed by atoms with E-state index in [2.05, 4.69) is 23.8 Å². The maximum Gasteiger partial charge on any atom is 0.251 e. The molecule has 3 aromatic rings. The second-order valence-electron chi connectivity index (χ2n) is 6.83. The molecule has 0 unspecified atom stereocenters. The van der Waals surface area contributed by atoms with Crippen LogP contribution >= 0.6 is 0 Å². The van der Waals surface area contributed by atoms with Crippen LogP contribution in [0.3, 0.4) is 0 Å². The Balaban J connectivity index is 1.49. The number of rotatable bonds is 8. The Morgan fingerprint density at radius 3 is 1.23 bits per heavy atom. The number of hydrogen-bond acceptors (Lipinski definition) is 2. The number of amides is 2. The lowest BCUT2D eigenvalue weighted by Crippen LogP contribution is -2.23. The molecule has 30 heavy (non-hydrogen) atoms. The molecule has 0 bridgehead atoms. The normalized spacial score (nSPS) is 10.1. The maximum atomic E-state index is 12.2. The first-order valence-electron chi connectivity index (χ1n) is 9.68. The molecule has 3 aromatic carbocycles. The van der Waals surface area contributed by atoms with Gasteiger partial charge >= 0.3 is 0 Å². The number of benzene rings is 3. The number of hydrogen-bond donors (Lipinski definition) is 2. The molecule has 0 aliphatic carbocycles. The zero-order valence-corrected chi connectivity index (χ0v) is 16.7. The topological polar surface area (TPSA) is 58.2 Å². The molecule has 0 fully saturated rings. The van der Waals surface area contributed by atoms with Crippen molar-refractivity contribution in [2.24, 2.45) is 0 Å². The number of carbonyl (C=O) groups is 2. The van der Waals surface area contributed by atoms with E-state index in [-0.39, 0.29) is 11.8 Å². The summed E-state index contributed by atoms with van der Waals surface area (Å²) in [6, 6.07) is 22.3. The molecule has 2 N–H and O–H groups in total. The summed E-state index contributed by atoms with van der Waals surface area (Å²) in [6.07, 6.45) is 3.48. The molecule has 2 amide bonds. The van der Waals surface area contributed by atoms with Crippen LogP contribution in [-0.2, 0) is 13.1 Å². The Morgan fingerprint density at radius 1 is 0.600 bits per heavy atom. The van der Waals surface area contributed by atoms with Crippen molar-refractivity contribution in [2.75, 3.05) is 0 Å². The molecule has 150 valence electrons. The maximum absolute atomic E-state index is 12.2. The first kappa shape index (κ1) is 20.8. The molecule has 4 heteroatoms. The predicted octanol–water partition coefficient (Wildman–Crippen LogP) is 4.83. The van der Waals surface area contributed by atoms with E-state index in [1.165, 1.54) is 0 Å². The van der Waals surface area contributed by atoms with E-state index in [1.54, 1.807) is 36.4 Å². The SMILES string of the molecule is C=Cc1ccc(C(=O)NCc2ccc(CNC(=O)c3ccc(C=C)cc3)cc2)cc1. The van der Waals surface area contributed by atoms with Crippen molar-refractivity contribution < 1.29 is 9.59 Å². The summed E-state index contributed by atoms with van der Waals surface area (Å²) in [5.74, 6) is -0.242. The molecule has 0 radical (unpaired) electrons. The van der Waals surface area contributed by atoms with E-state index in [4.69, 9.17) is 0 Å². The van der Waals surface area contributed by atoms with Gasteiger partial charge in [-0.05, 0) is 46.5 Å². The second kappa shape index (κ2) is 10.0. The summed E-state index contributed by atoms with van der Waals surface area (Å²) in [4.78, 5) is 24.5. The largest absolute Gasteiger partial charge is 0.348 e. The van der Waals surface area contributed by atoms with Crippen molar-refractivity contribution in [1.29, 1.82) is 0 Å². The summed E-state index contributed by atoms with van der Waals surface area (Å²) in [5, 5.41) is 5.82. The molecule has 0 spiro atoms. The van der Waals surface area contributed by atoms with Crippen LogP contribution in [0.25, 0.3) is 12.2 Å². The third-order valence-corrected chi connectivity index (χ3v) is 4.75. The van der Waals surface area contributed by atoms with Crippen LogP contribution in [0.2, 0.25) is 0 Å². The highest BCUT2D eigenvalue weighted by Crippen LogP contribution is 2.09. The van der Waals surface area contributed by atoms with Crippen LogP contribution in [0, 0.1) is 0 Å². The fourth-order valence-corrected chi connectivity index (χ4v) is 2.88. The van der Waals surface area contributed by atoms with Crippen LogP contribution < -0.4 is 10.6 Å². The summed E-state index contributed by atoms with van der Waals surface area (Å²) in [6.45, 7) is 8.28. The highest BCUT2D eigenvalue weighted by Gasteiger charge is 2.06. The van der Waals surface area contributed by atoms with Gasteiger partial charge in [-0.3, -0.25) is 9.59 Å². The Kier molecular flexibility index (Phi) is 6.95. The fourth-order valence-electron chi connectivity index (χ4n) is 2.88. The molecule has 0 aliphatic rings. The summed E-state index contributed by atoms with van der Waals surface area (Å²) >= 11 is 0. The quantitative estimate of drug-likeness (QED) is 0.573. The second-order valence-corrected chi connectivity index (χ2v) is 6.83. The molecular weight excluding hydrogens is 372 g/mol. The highest BCUT2D eigenvalue weighted by atomic mass is 16.2. The van der Waals surface area contributed by atoms with Gasteiger partial charge in [-0.25, -0.2) is 0 Å². The van der Waals surface area contributed by atoms with Crippen LogP contribution in [0.1, 0.15) is 43.0 Å². The Morgan fingerprint density at radius 2 is 0.933 bits per heavy atom. The minimum absolute atomic E-state index is 0.121. The molecule has 0 heterocycles. The standard InChI is InChI=1S/C26H24N2O2/c1-3-19-9-13-23(14-10-19)25(29)27-17-21-5-7-22(8-6-21)18-28-26(30)24-15-11-20(4-2)12-16-24/h3-16H,1-2,17-18H2,(H,27,29)(H,28,30). The van der Waals surface area contributed by atoms with Gasteiger partial charge in [0.15, 0.2) is 0 Å². The fraction of sp³-hybridized carbons (Fsp3) is 0.0769. The monoisotopic (exact) mass is 396 g/mol. The minimum atomic E-state index is -0.121. The van der Waals surface area contributed by atoms with Crippen molar-refractivity contribution in [3.63, 3.8) is 0 Å². The molecule has 0 saturated heterocycles. The third-order valence-electron chi connectivity index (χ3n) is 4.75. The molecule has 0 saturated carbocycles. The lowest BCUT2D eigenvalue weighted by Gasteiger charge is -2.08. The summed E-state index contributed by atoms with van der Waals surface area (Å²) in [5.41, 5.74) is 5.15. The van der Waals surface area contributed by atoms with Gasteiger partial charge < -0.3 is 10.6 Å². The molecule has 3 rings (SSSR count). The molecule has 4 nitrogen and oxygen atoms in total. The number of nitrogens with one attached hydrogen (secondary N) is 2. The zero-order valence-electron chi connectivity index (χ0n) is 16.7. The first-order valence-corrected chi connectivity index (χ1v) is 9.68. The van der Waals surface area contributed by atoms with E-state index in [1.807, 2.05) is 48.5 Å². The van der Waals surface area contributed by atoms with Crippen molar-refractivity contribution in [1.82, 2.24) is 10.6 Å². The predicted molar refractivity (Wildman–Crippen MR) is 122 cm³/mol. The highest BCUT2D eigenvalue weighted by molar-refractivity contribution is 5.94. The van der Waals surface area contributed by atoms with E-state index in [9.17, 15) is 9.59 Å². The number of carbonyl (C=O) groups excluding carboxylic acids is 2. The molecule has 0 aromatic heterocycles. The van der Waals surface area contributed by atoms with Gasteiger partial charge in [0.25, 0.3) is 11.8 Å². The molecule has 0 atom stereocenters. The van der Waals surface area contributed by atoms with Crippen molar-refractivity contribution in [2.45, 2.75) is 13.1 Å². The zero-order chi connectivity index (χ0) is 21.3. The lowest BCUT2D eigenvalue weighted by molar-refractivity contribution is 0.0942. The van der Waals surface area contributed by atoms with E-state index >= 15 is 0 Å². The average Bonchev–Trinajstić information content (AvgIpc) is 2.81. The third kappa shape index (κ3) is 5.55. The van der Waals surface area contributed by atoms with Gasteiger partial charge in [0, 0.05) is 24.2 Å². The van der Waals surface area contributed by atoms with E-state index < -0.39 is 0 Å². The van der Waals surface area contributed by atoms with Crippen LogP contribution in [-0.4, -0.2) is 11.8 Å². The average molecular weight is 396 g/mol. The van der Waals surface area contributed by atoms with E-state index in [0.717, 1.165) is 22.3 Å².